The van der Waals surface area contributed by atoms with Crippen LogP contribution in [0.25, 0.3) is 0 Å². The summed E-state index contributed by atoms with van der Waals surface area (Å²) in [5.41, 5.74) is 0. The van der Waals surface area contributed by atoms with Gasteiger partial charge in [-0.25, -0.2) is 4.57 Å². The molecular formula is C4H10FO3P. The van der Waals surface area contributed by atoms with Gasteiger partial charge in [0.15, 0.2) is 0 Å². The molecule has 9 heavy (non-hydrogen) atoms. The quantitative estimate of drug-likeness (QED) is 0.585. The molecule has 0 aromatic heterocycles. The fourth-order valence-corrected chi connectivity index (χ4v) is 0.759. The van der Waals surface area contributed by atoms with Crippen molar-refractivity contribution in [1.29, 1.82) is 0 Å². The van der Waals surface area contributed by atoms with Crippen LogP contribution in [-0.4, -0.2) is 13.7 Å². The Morgan fingerprint density at radius 3 is 2.56 bits per heavy atom. The molecule has 0 aliphatic heterocycles. The normalized spacial score (nSPS) is 17.2. The van der Waals surface area contributed by atoms with E-state index in [1.165, 1.54) is 0 Å². The van der Waals surface area contributed by atoms with Crippen molar-refractivity contribution in [3.8, 4) is 0 Å². The molecular weight excluding hydrogens is 146 g/mol. The van der Waals surface area contributed by atoms with E-state index in [0.717, 1.165) is 7.11 Å². The molecule has 0 bridgehead atoms. The van der Waals surface area contributed by atoms with E-state index in [4.69, 9.17) is 0 Å². The zero-order chi connectivity index (χ0) is 7.33. The van der Waals surface area contributed by atoms with Crippen LogP contribution in [0, 0.1) is 0 Å². The third-order valence-corrected chi connectivity index (χ3v) is 1.59. The summed E-state index contributed by atoms with van der Waals surface area (Å²) < 4.78 is 30.4. The van der Waals surface area contributed by atoms with Gasteiger partial charge in [0.2, 0.25) is 0 Å². The first-order chi connectivity index (χ1) is 4.12. The lowest BCUT2D eigenvalue weighted by Crippen LogP contribution is -1.88. The first-order valence-corrected chi connectivity index (χ1v) is 4.05. The van der Waals surface area contributed by atoms with E-state index in [0.29, 0.717) is 6.42 Å². The van der Waals surface area contributed by atoms with E-state index in [1.54, 1.807) is 6.92 Å². The van der Waals surface area contributed by atoms with Crippen LogP contribution in [0.5, 0.6) is 0 Å². The molecule has 0 aliphatic rings. The predicted molar refractivity (Wildman–Crippen MR) is 32.0 cm³/mol. The number of halogens is 1. The summed E-state index contributed by atoms with van der Waals surface area (Å²) in [4.78, 5) is 0. The largest absolute Gasteiger partial charge is 0.512 e. The van der Waals surface area contributed by atoms with Crippen LogP contribution in [0.3, 0.4) is 0 Å². The van der Waals surface area contributed by atoms with Gasteiger partial charge in [-0.1, -0.05) is 6.92 Å². The van der Waals surface area contributed by atoms with E-state index in [2.05, 4.69) is 9.05 Å². The SMILES string of the molecule is CCCOP(=O)(F)OC. The first-order valence-electron chi connectivity index (χ1n) is 2.62. The Labute approximate surface area is 53.8 Å². The highest BCUT2D eigenvalue weighted by atomic mass is 31.2. The molecule has 0 N–H and O–H groups in total. The van der Waals surface area contributed by atoms with Crippen molar-refractivity contribution in [2.45, 2.75) is 13.3 Å². The molecule has 0 radical (unpaired) electrons. The third kappa shape index (κ3) is 4.58. The zero-order valence-corrected chi connectivity index (χ0v) is 6.36. The lowest BCUT2D eigenvalue weighted by Gasteiger charge is -2.03. The number of rotatable bonds is 4. The Bertz CT molecular complexity index is 116. The van der Waals surface area contributed by atoms with Crippen molar-refractivity contribution in [1.82, 2.24) is 0 Å². The van der Waals surface area contributed by atoms with Crippen LogP contribution in [0.1, 0.15) is 13.3 Å². The molecule has 56 valence electrons. The maximum Gasteiger partial charge on any atom is 0.512 e. The monoisotopic (exact) mass is 156 g/mol. The highest BCUT2D eigenvalue weighted by molar-refractivity contribution is 7.48. The standard InChI is InChI=1S/C4H10FO3P/c1-3-4-8-9(5,6)7-2/h3-4H2,1-2H3. The Morgan fingerprint density at radius 2 is 2.22 bits per heavy atom. The average Bonchev–Trinajstić information content (AvgIpc) is 1.84. The highest BCUT2D eigenvalue weighted by Crippen LogP contribution is 2.48. The molecule has 0 spiro atoms. The summed E-state index contributed by atoms with van der Waals surface area (Å²) in [5, 5.41) is 0. The van der Waals surface area contributed by atoms with Crippen molar-refractivity contribution < 1.29 is 17.8 Å². The number of hydrogen-bond donors (Lipinski definition) is 0. The number of hydrogen-bond acceptors (Lipinski definition) is 3. The summed E-state index contributed by atoms with van der Waals surface area (Å²) in [6.45, 7) is 1.91. The van der Waals surface area contributed by atoms with Crippen LogP contribution in [0.4, 0.5) is 4.20 Å². The molecule has 0 aromatic rings. The fourth-order valence-electron chi connectivity index (χ4n) is 0.253. The second kappa shape index (κ2) is 3.99. The fraction of sp³-hybridized carbons (Fsp3) is 1.00. The van der Waals surface area contributed by atoms with Gasteiger partial charge < -0.3 is 0 Å². The van der Waals surface area contributed by atoms with Gasteiger partial charge in [0.05, 0.1) is 6.61 Å². The van der Waals surface area contributed by atoms with E-state index in [9.17, 15) is 8.76 Å². The summed E-state index contributed by atoms with van der Waals surface area (Å²) in [6, 6.07) is 0. The van der Waals surface area contributed by atoms with Crippen molar-refractivity contribution >= 4 is 7.91 Å². The minimum atomic E-state index is -4.19. The topological polar surface area (TPSA) is 35.5 Å². The Kier molecular flexibility index (Phi) is 4.02. The molecule has 0 aliphatic carbocycles. The molecule has 5 heteroatoms. The van der Waals surface area contributed by atoms with Crippen molar-refractivity contribution in [3.63, 3.8) is 0 Å². The highest BCUT2D eigenvalue weighted by Gasteiger charge is 2.19. The van der Waals surface area contributed by atoms with E-state index in [1.807, 2.05) is 0 Å². The maximum atomic E-state index is 12.1. The molecule has 0 saturated heterocycles. The van der Waals surface area contributed by atoms with Crippen LogP contribution < -0.4 is 0 Å². The van der Waals surface area contributed by atoms with Gasteiger partial charge in [-0.3, -0.25) is 9.05 Å². The third-order valence-electron chi connectivity index (χ3n) is 0.668. The summed E-state index contributed by atoms with van der Waals surface area (Å²) in [6.07, 6.45) is 0.622. The summed E-state index contributed by atoms with van der Waals surface area (Å²) >= 11 is 0. The van der Waals surface area contributed by atoms with Gasteiger partial charge in [0.1, 0.15) is 0 Å². The molecule has 0 saturated carbocycles. The molecule has 3 nitrogen and oxygen atoms in total. The molecule has 0 rings (SSSR count). The average molecular weight is 156 g/mol. The predicted octanol–water partition coefficient (Wildman–Crippen LogP) is 2.14. The van der Waals surface area contributed by atoms with Crippen LogP contribution in [0.2, 0.25) is 0 Å². The minimum Gasteiger partial charge on any atom is -0.287 e. The molecule has 0 heterocycles. The summed E-state index contributed by atoms with van der Waals surface area (Å²) in [7, 11) is -3.18. The lowest BCUT2D eigenvalue weighted by molar-refractivity contribution is 0.201. The van der Waals surface area contributed by atoms with Crippen LogP contribution >= 0.6 is 7.91 Å². The molecule has 1 atom stereocenters. The van der Waals surface area contributed by atoms with E-state index in [-0.39, 0.29) is 6.61 Å². The second-order valence-corrected chi connectivity index (χ2v) is 2.93. The minimum absolute atomic E-state index is 0.127. The second-order valence-electron chi connectivity index (χ2n) is 1.45. The molecule has 1 unspecified atom stereocenters. The summed E-state index contributed by atoms with van der Waals surface area (Å²) in [5.74, 6) is 0. The van der Waals surface area contributed by atoms with Gasteiger partial charge in [-0.2, -0.15) is 0 Å². The molecule has 0 amide bonds. The van der Waals surface area contributed by atoms with Gasteiger partial charge in [0.25, 0.3) is 0 Å². The van der Waals surface area contributed by atoms with Gasteiger partial charge >= 0.3 is 7.91 Å². The Balaban J connectivity index is 3.46. The zero-order valence-electron chi connectivity index (χ0n) is 5.46. The molecule has 0 aromatic carbocycles. The lowest BCUT2D eigenvalue weighted by atomic mass is 10.5. The van der Waals surface area contributed by atoms with Gasteiger partial charge in [-0.05, 0) is 6.42 Å². The van der Waals surface area contributed by atoms with Crippen LogP contribution in [-0.2, 0) is 13.6 Å². The van der Waals surface area contributed by atoms with Crippen molar-refractivity contribution in [2.24, 2.45) is 0 Å². The van der Waals surface area contributed by atoms with Gasteiger partial charge in [-0.15, -0.1) is 4.20 Å². The van der Waals surface area contributed by atoms with E-state index >= 15 is 0 Å². The van der Waals surface area contributed by atoms with Crippen molar-refractivity contribution in [2.75, 3.05) is 13.7 Å². The maximum absolute atomic E-state index is 12.1. The Morgan fingerprint density at radius 1 is 1.67 bits per heavy atom. The van der Waals surface area contributed by atoms with Gasteiger partial charge in [0, 0.05) is 7.11 Å². The van der Waals surface area contributed by atoms with Crippen LogP contribution in [0.15, 0.2) is 0 Å². The Hall–Kier alpha value is 0.0800. The van der Waals surface area contributed by atoms with Crippen molar-refractivity contribution in [3.05, 3.63) is 0 Å². The van der Waals surface area contributed by atoms with E-state index < -0.39 is 7.91 Å². The molecule has 0 fully saturated rings. The first kappa shape index (κ1) is 9.08. The smallest absolute Gasteiger partial charge is 0.287 e.